The summed E-state index contributed by atoms with van der Waals surface area (Å²) in [6.07, 6.45) is 5.35. The van der Waals surface area contributed by atoms with Gasteiger partial charge in [0.1, 0.15) is 0 Å². The first-order chi connectivity index (χ1) is 7.35. The Bertz CT molecular complexity index is 459. The summed E-state index contributed by atoms with van der Waals surface area (Å²) >= 11 is 0. The predicted octanol–water partition coefficient (Wildman–Crippen LogP) is 2.73. The maximum Gasteiger partial charge on any atom is 0.272 e. The Morgan fingerprint density at radius 1 is 1.50 bits per heavy atom. The van der Waals surface area contributed by atoms with Crippen molar-refractivity contribution in [1.29, 1.82) is 0 Å². The van der Waals surface area contributed by atoms with E-state index >= 15 is 0 Å². The SMILES string of the molecule is C#CC(C)(C)Nc1ccc([N+](=O)[O-])c(C)c1. The number of anilines is 1. The van der Waals surface area contributed by atoms with Gasteiger partial charge in [0.05, 0.1) is 10.5 Å². The lowest BCUT2D eigenvalue weighted by atomic mass is 10.1. The fourth-order valence-electron chi connectivity index (χ4n) is 1.33. The van der Waals surface area contributed by atoms with Crippen molar-refractivity contribution in [2.24, 2.45) is 0 Å². The molecule has 0 aliphatic carbocycles. The molecule has 4 nitrogen and oxygen atoms in total. The smallest absolute Gasteiger partial charge is 0.272 e. The van der Waals surface area contributed by atoms with Crippen molar-refractivity contribution >= 4 is 11.4 Å². The zero-order valence-electron chi connectivity index (χ0n) is 9.57. The van der Waals surface area contributed by atoms with Crippen molar-refractivity contribution < 1.29 is 4.92 Å². The fraction of sp³-hybridized carbons (Fsp3) is 0.333. The first-order valence-electron chi connectivity index (χ1n) is 4.87. The molecule has 0 fully saturated rings. The van der Waals surface area contributed by atoms with E-state index in [1.165, 1.54) is 6.07 Å². The molecule has 1 rings (SSSR count). The second kappa shape index (κ2) is 4.23. The van der Waals surface area contributed by atoms with Crippen LogP contribution < -0.4 is 5.32 Å². The standard InChI is InChI=1S/C12H14N2O2/c1-5-12(3,4)13-10-6-7-11(14(15)16)9(2)8-10/h1,6-8,13H,2-4H3. The molecule has 1 aromatic rings. The van der Waals surface area contributed by atoms with Crippen LogP contribution in [0.3, 0.4) is 0 Å². The summed E-state index contributed by atoms with van der Waals surface area (Å²) in [4.78, 5) is 10.2. The van der Waals surface area contributed by atoms with E-state index in [-0.39, 0.29) is 5.69 Å². The third-order valence-corrected chi connectivity index (χ3v) is 2.21. The molecule has 4 heteroatoms. The van der Waals surface area contributed by atoms with E-state index in [1.807, 2.05) is 13.8 Å². The van der Waals surface area contributed by atoms with Crippen LogP contribution >= 0.6 is 0 Å². The third kappa shape index (κ3) is 2.74. The first-order valence-corrected chi connectivity index (χ1v) is 4.87. The van der Waals surface area contributed by atoms with Gasteiger partial charge in [-0.2, -0.15) is 0 Å². The second-order valence-electron chi connectivity index (χ2n) is 4.15. The number of hydrogen-bond acceptors (Lipinski definition) is 3. The molecule has 0 aromatic heterocycles. The topological polar surface area (TPSA) is 55.2 Å². The van der Waals surface area contributed by atoms with E-state index in [4.69, 9.17) is 6.42 Å². The molecule has 1 N–H and O–H groups in total. The lowest BCUT2D eigenvalue weighted by Crippen LogP contribution is -2.28. The van der Waals surface area contributed by atoms with E-state index in [9.17, 15) is 10.1 Å². The molecule has 0 unspecified atom stereocenters. The highest BCUT2D eigenvalue weighted by atomic mass is 16.6. The van der Waals surface area contributed by atoms with Crippen molar-refractivity contribution in [2.45, 2.75) is 26.3 Å². The summed E-state index contributed by atoms with van der Waals surface area (Å²) in [5.74, 6) is 2.60. The summed E-state index contributed by atoms with van der Waals surface area (Å²) in [6, 6.07) is 4.85. The Morgan fingerprint density at radius 3 is 2.56 bits per heavy atom. The minimum absolute atomic E-state index is 0.115. The molecule has 84 valence electrons. The van der Waals surface area contributed by atoms with E-state index in [0.717, 1.165) is 5.69 Å². The highest BCUT2D eigenvalue weighted by Crippen LogP contribution is 2.23. The molecule has 0 atom stereocenters. The normalized spacial score (nSPS) is 10.6. The van der Waals surface area contributed by atoms with Crippen LogP contribution in [-0.2, 0) is 0 Å². The van der Waals surface area contributed by atoms with Gasteiger partial charge in [0, 0.05) is 17.3 Å². The summed E-state index contributed by atoms with van der Waals surface area (Å²) in [5.41, 5.74) is 1.04. The number of terminal acetylenes is 1. The van der Waals surface area contributed by atoms with Gasteiger partial charge in [-0.3, -0.25) is 10.1 Å². The maximum absolute atomic E-state index is 10.6. The molecule has 0 radical (unpaired) electrons. The number of nitrogens with one attached hydrogen (secondary N) is 1. The van der Waals surface area contributed by atoms with Crippen LogP contribution in [0.5, 0.6) is 0 Å². The van der Waals surface area contributed by atoms with Crippen molar-refractivity contribution in [1.82, 2.24) is 0 Å². The number of aryl methyl sites for hydroxylation is 1. The molecule has 0 saturated carbocycles. The fourth-order valence-corrected chi connectivity index (χ4v) is 1.33. The van der Waals surface area contributed by atoms with E-state index in [2.05, 4.69) is 11.2 Å². The molecule has 0 saturated heterocycles. The molecule has 1 aromatic carbocycles. The minimum atomic E-state index is -0.470. The average molecular weight is 218 g/mol. The minimum Gasteiger partial charge on any atom is -0.370 e. The number of nitro benzene ring substituents is 1. The second-order valence-corrected chi connectivity index (χ2v) is 4.15. The maximum atomic E-state index is 10.6. The molecule has 0 spiro atoms. The Morgan fingerprint density at radius 2 is 2.12 bits per heavy atom. The largest absolute Gasteiger partial charge is 0.370 e. The van der Waals surface area contributed by atoms with Crippen LogP contribution in [0, 0.1) is 29.4 Å². The number of rotatable bonds is 3. The Balaban J connectivity index is 2.99. The van der Waals surface area contributed by atoms with Gasteiger partial charge < -0.3 is 5.32 Å². The molecule has 0 heterocycles. The molecule has 0 aliphatic heterocycles. The van der Waals surface area contributed by atoms with Gasteiger partial charge in [-0.05, 0) is 32.9 Å². The number of benzene rings is 1. The van der Waals surface area contributed by atoms with Crippen LogP contribution in [-0.4, -0.2) is 10.5 Å². The Labute approximate surface area is 94.8 Å². The summed E-state index contributed by atoms with van der Waals surface area (Å²) in [6.45, 7) is 5.43. The molecular formula is C12H14N2O2. The lowest BCUT2D eigenvalue weighted by molar-refractivity contribution is -0.385. The van der Waals surface area contributed by atoms with Crippen LogP contribution in [0.2, 0.25) is 0 Å². The van der Waals surface area contributed by atoms with Gasteiger partial charge in [-0.15, -0.1) is 6.42 Å². The monoisotopic (exact) mass is 218 g/mol. The van der Waals surface area contributed by atoms with Gasteiger partial charge in [0.2, 0.25) is 0 Å². The molecule has 0 aliphatic rings. The van der Waals surface area contributed by atoms with Crippen molar-refractivity contribution in [3.8, 4) is 12.3 Å². The zero-order chi connectivity index (χ0) is 12.3. The number of nitro groups is 1. The quantitative estimate of drug-likeness (QED) is 0.482. The summed E-state index contributed by atoms with van der Waals surface area (Å²) in [5, 5.41) is 13.7. The third-order valence-electron chi connectivity index (χ3n) is 2.21. The van der Waals surface area contributed by atoms with Gasteiger partial charge in [0.15, 0.2) is 0 Å². The molecular weight excluding hydrogens is 204 g/mol. The van der Waals surface area contributed by atoms with Crippen LogP contribution in [0.15, 0.2) is 18.2 Å². The zero-order valence-corrected chi connectivity index (χ0v) is 9.57. The summed E-state index contributed by atoms with van der Waals surface area (Å²) < 4.78 is 0. The van der Waals surface area contributed by atoms with Gasteiger partial charge in [-0.1, -0.05) is 5.92 Å². The predicted molar refractivity (Wildman–Crippen MR) is 64.4 cm³/mol. The molecule has 0 amide bonds. The van der Waals surface area contributed by atoms with Crippen molar-refractivity contribution in [3.63, 3.8) is 0 Å². The average Bonchev–Trinajstić information content (AvgIpc) is 2.16. The van der Waals surface area contributed by atoms with Crippen molar-refractivity contribution in [2.75, 3.05) is 5.32 Å². The molecule has 16 heavy (non-hydrogen) atoms. The Kier molecular flexibility index (Phi) is 3.19. The van der Waals surface area contributed by atoms with Crippen molar-refractivity contribution in [3.05, 3.63) is 33.9 Å². The van der Waals surface area contributed by atoms with E-state index in [1.54, 1.807) is 19.1 Å². The Hall–Kier alpha value is -2.02. The highest BCUT2D eigenvalue weighted by Gasteiger charge is 2.15. The lowest BCUT2D eigenvalue weighted by Gasteiger charge is -2.21. The number of hydrogen-bond donors (Lipinski definition) is 1. The van der Waals surface area contributed by atoms with Crippen LogP contribution in [0.1, 0.15) is 19.4 Å². The first kappa shape index (κ1) is 12.1. The van der Waals surface area contributed by atoms with Gasteiger partial charge in [-0.25, -0.2) is 0 Å². The van der Waals surface area contributed by atoms with Crippen LogP contribution in [0.25, 0.3) is 0 Å². The van der Waals surface area contributed by atoms with Gasteiger partial charge in [0.25, 0.3) is 5.69 Å². The molecule has 0 bridgehead atoms. The number of nitrogens with zero attached hydrogens (tertiary/aromatic N) is 1. The van der Waals surface area contributed by atoms with E-state index in [0.29, 0.717) is 5.56 Å². The summed E-state index contributed by atoms with van der Waals surface area (Å²) in [7, 11) is 0. The highest BCUT2D eigenvalue weighted by molar-refractivity contribution is 5.55. The van der Waals surface area contributed by atoms with E-state index < -0.39 is 10.5 Å². The van der Waals surface area contributed by atoms with Gasteiger partial charge >= 0.3 is 0 Å². The van der Waals surface area contributed by atoms with Crippen LogP contribution in [0.4, 0.5) is 11.4 Å².